The molecule has 1 saturated heterocycles. The van der Waals surface area contributed by atoms with E-state index in [1.54, 1.807) is 12.1 Å². The van der Waals surface area contributed by atoms with E-state index in [0.717, 1.165) is 86.7 Å². The zero-order valence-electron chi connectivity index (χ0n) is 21.4. The molecule has 1 aliphatic heterocycles. The molecular weight excluding hydrogens is 488 g/mol. The van der Waals surface area contributed by atoms with Crippen LogP contribution in [0.2, 0.25) is 0 Å². The van der Waals surface area contributed by atoms with Crippen molar-refractivity contribution >= 4 is 27.6 Å². The van der Waals surface area contributed by atoms with Gasteiger partial charge in [0, 0.05) is 12.2 Å². The van der Waals surface area contributed by atoms with Gasteiger partial charge in [0.15, 0.2) is 0 Å². The van der Waals surface area contributed by atoms with Crippen LogP contribution >= 0.6 is 0 Å². The van der Waals surface area contributed by atoms with Crippen LogP contribution in [0.4, 0.5) is 10.5 Å². The maximum absolute atomic E-state index is 12.9. The molecular formula is C28H36N4O4S. The second kappa shape index (κ2) is 10.8. The average molecular weight is 525 g/mol. The number of sulfonamides is 1. The Kier molecular flexibility index (Phi) is 7.53. The van der Waals surface area contributed by atoms with Crippen LogP contribution in [0.1, 0.15) is 59.9 Å². The number of likely N-dealkylation sites (N-methyl/N-ethyl adjacent to an activating group) is 1. The lowest BCUT2D eigenvalue weighted by Gasteiger charge is -2.31. The van der Waals surface area contributed by atoms with Gasteiger partial charge in [-0.25, -0.2) is 17.9 Å². The quantitative estimate of drug-likeness (QED) is 0.515. The number of amides is 3. The Labute approximate surface area is 219 Å². The first-order valence-electron chi connectivity index (χ1n) is 13.4. The number of aryl methyl sites for hydroxylation is 2. The highest BCUT2D eigenvalue weighted by Crippen LogP contribution is 2.38. The molecule has 198 valence electrons. The Balaban J connectivity index is 1.17. The van der Waals surface area contributed by atoms with Crippen molar-refractivity contribution in [1.82, 2.24) is 14.9 Å². The number of hydrogen-bond donors (Lipinski definition) is 3. The number of piperidine rings is 1. The van der Waals surface area contributed by atoms with Gasteiger partial charge < -0.3 is 10.6 Å². The fourth-order valence-corrected chi connectivity index (χ4v) is 6.88. The first-order chi connectivity index (χ1) is 17.8. The SMILES string of the molecule is CN1CCCCC1C(=O)NCCc1ccc(S(=O)(=O)NC(=O)Nc2c3c(cc4c2CCC4)CCC3)cc1. The third-order valence-corrected chi connectivity index (χ3v) is 9.31. The molecule has 1 unspecified atom stereocenters. The number of nitrogens with one attached hydrogen (secondary N) is 3. The smallest absolute Gasteiger partial charge is 0.333 e. The Morgan fingerprint density at radius 2 is 1.62 bits per heavy atom. The number of urea groups is 1. The van der Waals surface area contributed by atoms with Crippen LogP contribution in [0, 0.1) is 0 Å². The monoisotopic (exact) mass is 524 g/mol. The molecule has 0 aromatic heterocycles. The van der Waals surface area contributed by atoms with Crippen molar-refractivity contribution in [2.75, 3.05) is 25.5 Å². The van der Waals surface area contributed by atoms with Crippen molar-refractivity contribution in [3.8, 4) is 0 Å². The number of likely N-dealkylation sites (tertiary alicyclic amines) is 1. The molecule has 5 rings (SSSR count). The van der Waals surface area contributed by atoms with Gasteiger partial charge in [0.05, 0.1) is 10.9 Å². The van der Waals surface area contributed by atoms with E-state index >= 15 is 0 Å². The maximum Gasteiger partial charge on any atom is 0.333 e. The van der Waals surface area contributed by atoms with E-state index in [-0.39, 0.29) is 16.8 Å². The highest BCUT2D eigenvalue weighted by Gasteiger charge is 2.27. The second-order valence-corrected chi connectivity index (χ2v) is 12.2. The van der Waals surface area contributed by atoms with Crippen LogP contribution in [0.5, 0.6) is 0 Å². The van der Waals surface area contributed by atoms with Crippen LogP contribution in [-0.4, -0.2) is 51.4 Å². The number of rotatable bonds is 7. The zero-order chi connectivity index (χ0) is 26.0. The molecule has 9 heteroatoms. The summed E-state index contributed by atoms with van der Waals surface area (Å²) in [4.78, 5) is 27.4. The van der Waals surface area contributed by atoms with E-state index in [1.165, 1.54) is 23.3 Å². The summed E-state index contributed by atoms with van der Waals surface area (Å²) in [6, 6.07) is 7.92. The Morgan fingerprint density at radius 3 is 2.27 bits per heavy atom. The minimum Gasteiger partial charge on any atom is -0.354 e. The van der Waals surface area contributed by atoms with Gasteiger partial charge in [-0.2, -0.15) is 0 Å². The van der Waals surface area contributed by atoms with Gasteiger partial charge in [-0.05, 0) is 111 Å². The molecule has 3 aliphatic rings. The molecule has 8 nitrogen and oxygen atoms in total. The molecule has 0 bridgehead atoms. The predicted octanol–water partition coefficient (Wildman–Crippen LogP) is 3.32. The predicted molar refractivity (Wildman–Crippen MR) is 143 cm³/mol. The number of nitrogens with zero attached hydrogens (tertiary/aromatic N) is 1. The molecule has 0 radical (unpaired) electrons. The normalized spacial score (nSPS) is 19.2. The number of anilines is 1. The summed E-state index contributed by atoms with van der Waals surface area (Å²) < 4.78 is 28.0. The van der Waals surface area contributed by atoms with E-state index in [0.29, 0.717) is 13.0 Å². The summed E-state index contributed by atoms with van der Waals surface area (Å²) in [7, 11) is -2.03. The summed E-state index contributed by atoms with van der Waals surface area (Å²) >= 11 is 0. The third kappa shape index (κ3) is 5.67. The molecule has 3 amide bonds. The Bertz CT molecular complexity index is 1260. The van der Waals surface area contributed by atoms with E-state index < -0.39 is 16.1 Å². The van der Waals surface area contributed by atoms with E-state index in [4.69, 9.17) is 0 Å². The summed E-state index contributed by atoms with van der Waals surface area (Å²) in [5, 5.41) is 5.87. The van der Waals surface area contributed by atoms with Crippen molar-refractivity contribution < 1.29 is 18.0 Å². The van der Waals surface area contributed by atoms with Crippen LogP contribution in [0.25, 0.3) is 0 Å². The molecule has 0 spiro atoms. The van der Waals surface area contributed by atoms with Crippen molar-refractivity contribution in [2.24, 2.45) is 0 Å². The standard InChI is InChI=1S/C28H36N4O4S/c1-32-17-3-2-10-25(32)27(33)29-16-15-19-11-13-22(14-12-19)37(35,36)31-28(34)30-26-23-8-4-6-20(23)18-21-7-5-9-24(21)26/h11-14,18,25H,2-10,15-17H2,1H3,(H,29,33)(H2,30,31,34). The molecule has 3 N–H and O–H groups in total. The molecule has 1 heterocycles. The van der Waals surface area contributed by atoms with Gasteiger partial charge in [-0.3, -0.25) is 9.69 Å². The topological polar surface area (TPSA) is 108 Å². The van der Waals surface area contributed by atoms with Gasteiger partial charge in [0.2, 0.25) is 5.91 Å². The number of fused-ring (bicyclic) bond motifs is 2. The first-order valence-corrected chi connectivity index (χ1v) is 14.9. The van der Waals surface area contributed by atoms with Crippen LogP contribution in [0.15, 0.2) is 35.2 Å². The van der Waals surface area contributed by atoms with Crippen molar-refractivity contribution in [2.45, 2.75) is 75.1 Å². The number of carbonyl (C=O) groups excluding carboxylic acids is 2. The summed E-state index contributed by atoms with van der Waals surface area (Å²) in [6.45, 7) is 1.43. The molecule has 2 aromatic rings. The van der Waals surface area contributed by atoms with Gasteiger partial charge in [-0.15, -0.1) is 0 Å². The van der Waals surface area contributed by atoms with Gasteiger partial charge in [0.1, 0.15) is 0 Å². The number of hydrogen-bond acceptors (Lipinski definition) is 5. The maximum atomic E-state index is 12.9. The fraction of sp³-hybridized carbons (Fsp3) is 0.500. The molecule has 0 saturated carbocycles. The Morgan fingerprint density at radius 1 is 0.946 bits per heavy atom. The summed E-state index contributed by atoms with van der Waals surface area (Å²) in [6.07, 6.45) is 9.61. The Hall–Kier alpha value is -2.91. The van der Waals surface area contributed by atoms with E-state index in [2.05, 4.69) is 26.3 Å². The van der Waals surface area contributed by atoms with Crippen molar-refractivity contribution in [3.05, 3.63) is 58.1 Å². The van der Waals surface area contributed by atoms with Gasteiger partial charge >= 0.3 is 6.03 Å². The lowest BCUT2D eigenvalue weighted by atomic mass is 9.99. The fourth-order valence-electron chi connectivity index (χ4n) is 5.98. The minimum atomic E-state index is -4.02. The summed E-state index contributed by atoms with van der Waals surface area (Å²) in [5.74, 6) is 0.0475. The first kappa shape index (κ1) is 25.7. The highest BCUT2D eigenvalue weighted by molar-refractivity contribution is 7.90. The number of benzene rings is 2. The van der Waals surface area contributed by atoms with Crippen LogP contribution in [-0.2, 0) is 46.9 Å². The minimum absolute atomic E-state index is 0.0304. The molecule has 1 fully saturated rings. The molecule has 37 heavy (non-hydrogen) atoms. The van der Waals surface area contributed by atoms with Gasteiger partial charge in [-0.1, -0.05) is 24.6 Å². The lowest BCUT2D eigenvalue weighted by molar-refractivity contribution is -0.126. The highest BCUT2D eigenvalue weighted by atomic mass is 32.2. The number of carbonyl (C=O) groups is 2. The largest absolute Gasteiger partial charge is 0.354 e. The average Bonchev–Trinajstić information content (AvgIpc) is 3.54. The van der Waals surface area contributed by atoms with Crippen molar-refractivity contribution in [3.63, 3.8) is 0 Å². The van der Waals surface area contributed by atoms with E-state index in [1.807, 2.05) is 7.05 Å². The molecule has 2 aromatic carbocycles. The van der Waals surface area contributed by atoms with Crippen LogP contribution < -0.4 is 15.4 Å². The second-order valence-electron chi connectivity index (χ2n) is 10.5. The molecule has 2 aliphatic carbocycles. The van der Waals surface area contributed by atoms with Crippen molar-refractivity contribution in [1.29, 1.82) is 0 Å². The third-order valence-electron chi connectivity index (χ3n) is 7.96. The summed E-state index contributed by atoms with van der Waals surface area (Å²) in [5.41, 5.74) is 6.58. The molecule has 1 atom stereocenters. The van der Waals surface area contributed by atoms with E-state index in [9.17, 15) is 18.0 Å². The lowest BCUT2D eigenvalue weighted by Crippen LogP contribution is -2.47. The van der Waals surface area contributed by atoms with Gasteiger partial charge in [0.25, 0.3) is 10.0 Å². The zero-order valence-corrected chi connectivity index (χ0v) is 22.3. The van der Waals surface area contributed by atoms with Crippen LogP contribution in [0.3, 0.4) is 0 Å².